The fourth-order valence-corrected chi connectivity index (χ4v) is 1.65. The number of nitrogens with zero attached hydrogens (tertiary/aromatic N) is 3. The summed E-state index contributed by atoms with van der Waals surface area (Å²) in [6.45, 7) is 1.54. The Hall–Kier alpha value is -1.66. The molecule has 0 spiro atoms. The van der Waals surface area contributed by atoms with Crippen molar-refractivity contribution in [2.75, 3.05) is 12.3 Å². The second kappa shape index (κ2) is 4.07. The maximum atomic E-state index is 9.59. The molecule has 0 aliphatic rings. The second-order valence-corrected chi connectivity index (χ2v) is 3.73. The SMILES string of the molecule is C[C@@H](c1cnc2c(N)nccn12)[C@H](O)CO. The lowest BCUT2D eigenvalue weighted by atomic mass is 10.0. The first kappa shape index (κ1) is 10.8. The van der Waals surface area contributed by atoms with Crippen LogP contribution in [-0.4, -0.2) is 37.3 Å². The van der Waals surface area contributed by atoms with E-state index in [4.69, 9.17) is 10.8 Å². The molecule has 0 fully saturated rings. The number of aliphatic hydroxyl groups excluding tert-OH is 2. The van der Waals surface area contributed by atoms with Crippen LogP contribution in [0, 0.1) is 0 Å². The number of fused-ring (bicyclic) bond motifs is 1. The Morgan fingerprint density at radius 1 is 1.50 bits per heavy atom. The lowest BCUT2D eigenvalue weighted by Crippen LogP contribution is -2.21. The van der Waals surface area contributed by atoms with Crippen molar-refractivity contribution in [3.05, 3.63) is 24.3 Å². The molecule has 2 atom stereocenters. The minimum atomic E-state index is -0.811. The minimum Gasteiger partial charge on any atom is -0.394 e. The van der Waals surface area contributed by atoms with Gasteiger partial charge in [-0.05, 0) is 0 Å². The third-order valence-corrected chi connectivity index (χ3v) is 2.71. The maximum absolute atomic E-state index is 9.59. The molecule has 0 unspecified atom stereocenters. The van der Waals surface area contributed by atoms with Gasteiger partial charge in [-0.25, -0.2) is 9.97 Å². The third kappa shape index (κ3) is 1.62. The lowest BCUT2D eigenvalue weighted by Gasteiger charge is -2.16. The fraction of sp³-hybridized carbons (Fsp3) is 0.400. The molecule has 4 N–H and O–H groups in total. The summed E-state index contributed by atoms with van der Waals surface area (Å²) in [7, 11) is 0. The molecule has 0 aromatic carbocycles. The molecular weight excluding hydrogens is 208 g/mol. The predicted molar refractivity (Wildman–Crippen MR) is 58.9 cm³/mol. The zero-order chi connectivity index (χ0) is 11.7. The summed E-state index contributed by atoms with van der Waals surface area (Å²) >= 11 is 0. The molecule has 2 aromatic heterocycles. The Bertz CT molecular complexity index is 497. The monoisotopic (exact) mass is 222 g/mol. The van der Waals surface area contributed by atoms with E-state index in [1.807, 2.05) is 6.92 Å². The molecule has 2 heterocycles. The molecule has 0 saturated heterocycles. The number of nitrogen functional groups attached to an aromatic ring is 1. The average Bonchev–Trinajstić information content (AvgIpc) is 2.72. The number of rotatable bonds is 3. The summed E-state index contributed by atoms with van der Waals surface area (Å²) in [5, 5.41) is 18.5. The Labute approximate surface area is 92.4 Å². The van der Waals surface area contributed by atoms with Crippen molar-refractivity contribution in [2.24, 2.45) is 0 Å². The first-order valence-corrected chi connectivity index (χ1v) is 5.01. The van der Waals surface area contributed by atoms with Gasteiger partial charge in [0.2, 0.25) is 0 Å². The normalized spacial score (nSPS) is 15.2. The van der Waals surface area contributed by atoms with E-state index in [9.17, 15) is 5.11 Å². The van der Waals surface area contributed by atoms with Crippen LogP contribution in [0.1, 0.15) is 18.5 Å². The quantitative estimate of drug-likeness (QED) is 0.666. The largest absolute Gasteiger partial charge is 0.394 e. The van der Waals surface area contributed by atoms with Crippen molar-refractivity contribution in [2.45, 2.75) is 18.9 Å². The lowest BCUT2D eigenvalue weighted by molar-refractivity contribution is 0.0760. The molecule has 0 aliphatic carbocycles. The van der Waals surface area contributed by atoms with E-state index < -0.39 is 6.10 Å². The molecule has 6 heteroatoms. The van der Waals surface area contributed by atoms with Gasteiger partial charge in [0.15, 0.2) is 11.5 Å². The number of imidazole rings is 1. The topological polar surface area (TPSA) is 96.7 Å². The van der Waals surface area contributed by atoms with Crippen LogP contribution >= 0.6 is 0 Å². The van der Waals surface area contributed by atoms with E-state index in [0.717, 1.165) is 5.69 Å². The van der Waals surface area contributed by atoms with Gasteiger partial charge in [-0.1, -0.05) is 6.92 Å². The average molecular weight is 222 g/mol. The molecule has 0 saturated carbocycles. The van der Waals surface area contributed by atoms with Gasteiger partial charge in [-0.15, -0.1) is 0 Å². The van der Waals surface area contributed by atoms with E-state index in [-0.39, 0.29) is 12.5 Å². The Kier molecular flexibility index (Phi) is 2.76. The van der Waals surface area contributed by atoms with Crippen LogP contribution < -0.4 is 5.73 Å². The van der Waals surface area contributed by atoms with Crippen LogP contribution in [0.25, 0.3) is 5.65 Å². The van der Waals surface area contributed by atoms with Crippen LogP contribution in [0.5, 0.6) is 0 Å². The summed E-state index contributed by atoms with van der Waals surface area (Å²) in [6, 6.07) is 0. The molecule has 2 rings (SSSR count). The number of aliphatic hydroxyl groups is 2. The standard InChI is InChI=1S/C10H14N4O2/c1-6(8(16)5-15)7-4-13-10-9(11)12-2-3-14(7)10/h2-4,6,8,15-16H,5H2,1H3,(H2,11,12)/t6-,8+/m0/s1. The number of nitrogens with two attached hydrogens (primary N) is 1. The Morgan fingerprint density at radius 2 is 2.25 bits per heavy atom. The van der Waals surface area contributed by atoms with E-state index in [0.29, 0.717) is 11.5 Å². The molecule has 6 nitrogen and oxygen atoms in total. The van der Waals surface area contributed by atoms with Crippen molar-refractivity contribution in [1.29, 1.82) is 0 Å². The smallest absolute Gasteiger partial charge is 0.180 e. The summed E-state index contributed by atoms with van der Waals surface area (Å²) < 4.78 is 1.77. The van der Waals surface area contributed by atoms with Crippen molar-refractivity contribution in [3.8, 4) is 0 Å². The van der Waals surface area contributed by atoms with Crippen LogP contribution in [0.2, 0.25) is 0 Å². The highest BCUT2D eigenvalue weighted by molar-refractivity contribution is 5.59. The Morgan fingerprint density at radius 3 is 2.94 bits per heavy atom. The van der Waals surface area contributed by atoms with E-state index in [2.05, 4.69) is 9.97 Å². The molecule has 86 valence electrons. The van der Waals surface area contributed by atoms with Gasteiger partial charge in [0.1, 0.15) is 0 Å². The second-order valence-electron chi connectivity index (χ2n) is 3.73. The van der Waals surface area contributed by atoms with Crippen LogP contribution in [0.4, 0.5) is 5.82 Å². The first-order valence-electron chi connectivity index (χ1n) is 5.01. The van der Waals surface area contributed by atoms with Gasteiger partial charge >= 0.3 is 0 Å². The molecule has 16 heavy (non-hydrogen) atoms. The molecular formula is C10H14N4O2. The van der Waals surface area contributed by atoms with Gasteiger partial charge < -0.3 is 15.9 Å². The van der Waals surface area contributed by atoms with Crippen LogP contribution in [-0.2, 0) is 0 Å². The molecule has 0 aliphatic heterocycles. The number of hydrogen-bond acceptors (Lipinski definition) is 5. The first-order chi connectivity index (χ1) is 7.65. The summed E-state index contributed by atoms with van der Waals surface area (Å²) in [5.74, 6) is 0.126. The maximum Gasteiger partial charge on any atom is 0.180 e. The zero-order valence-corrected chi connectivity index (χ0v) is 8.91. The molecule has 0 amide bonds. The van der Waals surface area contributed by atoms with Gasteiger partial charge in [-0.2, -0.15) is 0 Å². The molecule has 0 radical (unpaired) electrons. The summed E-state index contributed by atoms with van der Waals surface area (Å²) in [5.41, 5.74) is 7.03. The van der Waals surface area contributed by atoms with Crippen molar-refractivity contribution >= 4 is 11.5 Å². The van der Waals surface area contributed by atoms with Gasteiger partial charge in [0.05, 0.1) is 12.7 Å². The third-order valence-electron chi connectivity index (χ3n) is 2.71. The van der Waals surface area contributed by atoms with Crippen molar-refractivity contribution in [1.82, 2.24) is 14.4 Å². The minimum absolute atomic E-state index is 0.221. The van der Waals surface area contributed by atoms with Gasteiger partial charge in [0.25, 0.3) is 0 Å². The van der Waals surface area contributed by atoms with Crippen LogP contribution in [0.15, 0.2) is 18.6 Å². The number of anilines is 1. The zero-order valence-electron chi connectivity index (χ0n) is 8.91. The van der Waals surface area contributed by atoms with E-state index in [1.165, 1.54) is 0 Å². The van der Waals surface area contributed by atoms with E-state index in [1.54, 1.807) is 23.0 Å². The van der Waals surface area contributed by atoms with Crippen LogP contribution in [0.3, 0.4) is 0 Å². The predicted octanol–water partition coefficient (Wildman–Crippen LogP) is -0.232. The van der Waals surface area contributed by atoms with Gasteiger partial charge in [0, 0.05) is 30.2 Å². The molecule has 2 aromatic rings. The van der Waals surface area contributed by atoms with Crippen molar-refractivity contribution in [3.63, 3.8) is 0 Å². The summed E-state index contributed by atoms with van der Waals surface area (Å²) in [4.78, 5) is 8.07. The van der Waals surface area contributed by atoms with Gasteiger partial charge in [-0.3, -0.25) is 4.40 Å². The highest BCUT2D eigenvalue weighted by atomic mass is 16.3. The Balaban J connectivity index is 2.50. The summed E-state index contributed by atoms with van der Waals surface area (Å²) in [6.07, 6.45) is 4.13. The highest BCUT2D eigenvalue weighted by Crippen LogP contribution is 2.21. The fourth-order valence-electron chi connectivity index (χ4n) is 1.65. The highest BCUT2D eigenvalue weighted by Gasteiger charge is 2.19. The van der Waals surface area contributed by atoms with Crippen molar-refractivity contribution < 1.29 is 10.2 Å². The number of hydrogen-bond donors (Lipinski definition) is 3. The number of aromatic nitrogens is 3. The molecule has 0 bridgehead atoms. The van der Waals surface area contributed by atoms with E-state index >= 15 is 0 Å².